The van der Waals surface area contributed by atoms with Crippen LogP contribution in [-0.4, -0.2) is 6.18 Å². The molecule has 2 aliphatic carbocycles. The molecule has 0 aliphatic heterocycles. The average molecular weight is 431 g/mol. The van der Waals surface area contributed by atoms with Crippen LogP contribution in [0.25, 0.3) is 5.57 Å². The zero-order valence-corrected chi connectivity index (χ0v) is 18.8. The first-order valence-corrected chi connectivity index (χ1v) is 12.1. The zero-order chi connectivity index (χ0) is 22.2. The first-order chi connectivity index (χ1) is 14.9. The summed E-state index contributed by atoms with van der Waals surface area (Å²) >= 11 is 0. The average Bonchev–Trinajstić information content (AvgIpc) is 2.78. The SMILES string of the molecule is CCCCCC1CCC(C2(/C=C/CCC(F)(F)F)C=CC(c3ccccc3)=CC2)CC1. The molecule has 1 atom stereocenters. The third-order valence-electron chi connectivity index (χ3n) is 7.20. The van der Waals surface area contributed by atoms with Gasteiger partial charge in [-0.3, -0.25) is 0 Å². The fourth-order valence-electron chi connectivity index (χ4n) is 5.30. The minimum atomic E-state index is -4.09. The van der Waals surface area contributed by atoms with Crippen LogP contribution in [0.5, 0.6) is 0 Å². The Hall–Kier alpha value is -1.77. The summed E-state index contributed by atoms with van der Waals surface area (Å²) in [5.74, 6) is 1.35. The predicted octanol–water partition coefficient (Wildman–Crippen LogP) is 9.30. The lowest BCUT2D eigenvalue weighted by molar-refractivity contribution is -0.133. The highest BCUT2D eigenvalue weighted by atomic mass is 19.4. The second kappa shape index (κ2) is 11.2. The normalized spacial score (nSPS) is 26.9. The summed E-state index contributed by atoms with van der Waals surface area (Å²) in [6.45, 7) is 2.25. The van der Waals surface area contributed by atoms with E-state index in [2.05, 4.69) is 43.4 Å². The van der Waals surface area contributed by atoms with Gasteiger partial charge in [0.1, 0.15) is 0 Å². The van der Waals surface area contributed by atoms with Crippen molar-refractivity contribution in [3.63, 3.8) is 0 Å². The van der Waals surface area contributed by atoms with Gasteiger partial charge in [0.15, 0.2) is 0 Å². The van der Waals surface area contributed by atoms with Crippen LogP contribution in [0, 0.1) is 17.3 Å². The van der Waals surface area contributed by atoms with Crippen LogP contribution in [0.15, 0.2) is 60.7 Å². The maximum absolute atomic E-state index is 12.6. The molecule has 170 valence electrons. The van der Waals surface area contributed by atoms with E-state index in [1.54, 1.807) is 6.08 Å². The van der Waals surface area contributed by atoms with Crippen molar-refractivity contribution in [1.82, 2.24) is 0 Å². The maximum Gasteiger partial charge on any atom is 0.389 e. The minimum Gasteiger partial charge on any atom is -0.171 e. The van der Waals surface area contributed by atoms with Gasteiger partial charge in [0.05, 0.1) is 0 Å². The quantitative estimate of drug-likeness (QED) is 0.270. The van der Waals surface area contributed by atoms with E-state index in [1.165, 1.54) is 62.5 Å². The van der Waals surface area contributed by atoms with Crippen LogP contribution in [0.2, 0.25) is 0 Å². The van der Waals surface area contributed by atoms with Gasteiger partial charge in [-0.05, 0) is 48.7 Å². The Morgan fingerprint density at radius 2 is 1.77 bits per heavy atom. The lowest BCUT2D eigenvalue weighted by atomic mass is 9.63. The third kappa shape index (κ3) is 7.12. The van der Waals surface area contributed by atoms with Gasteiger partial charge < -0.3 is 0 Å². The van der Waals surface area contributed by atoms with Crippen LogP contribution < -0.4 is 0 Å². The van der Waals surface area contributed by atoms with Gasteiger partial charge >= 0.3 is 6.18 Å². The van der Waals surface area contributed by atoms with Crippen molar-refractivity contribution in [2.24, 2.45) is 17.3 Å². The lowest BCUT2D eigenvalue weighted by Crippen LogP contribution is -2.31. The molecule has 0 nitrogen and oxygen atoms in total. The van der Waals surface area contributed by atoms with E-state index in [0.717, 1.165) is 12.3 Å². The molecule has 0 spiro atoms. The van der Waals surface area contributed by atoms with Crippen molar-refractivity contribution < 1.29 is 13.2 Å². The number of rotatable bonds is 9. The van der Waals surface area contributed by atoms with Gasteiger partial charge in [0.2, 0.25) is 0 Å². The predicted molar refractivity (Wildman–Crippen MR) is 125 cm³/mol. The van der Waals surface area contributed by atoms with Crippen LogP contribution in [0.4, 0.5) is 13.2 Å². The zero-order valence-electron chi connectivity index (χ0n) is 18.8. The molecule has 1 aromatic carbocycles. The smallest absolute Gasteiger partial charge is 0.171 e. The summed E-state index contributed by atoms with van der Waals surface area (Å²) in [5, 5.41) is 0. The van der Waals surface area contributed by atoms with Crippen molar-refractivity contribution in [3.05, 3.63) is 66.3 Å². The molecular formula is C28H37F3. The largest absolute Gasteiger partial charge is 0.389 e. The summed E-state index contributed by atoms with van der Waals surface area (Å²) in [4.78, 5) is 0. The van der Waals surface area contributed by atoms with Crippen molar-refractivity contribution in [3.8, 4) is 0 Å². The summed E-state index contributed by atoms with van der Waals surface area (Å²) in [6.07, 6.45) is 16.9. The van der Waals surface area contributed by atoms with Gasteiger partial charge in [0.25, 0.3) is 0 Å². The number of hydrogen-bond donors (Lipinski definition) is 0. The molecule has 2 aliphatic rings. The van der Waals surface area contributed by atoms with Crippen molar-refractivity contribution in [1.29, 1.82) is 0 Å². The number of benzene rings is 1. The summed E-state index contributed by atoms with van der Waals surface area (Å²) in [7, 11) is 0. The van der Waals surface area contributed by atoms with Crippen molar-refractivity contribution in [2.75, 3.05) is 0 Å². The number of alkyl halides is 3. The van der Waals surface area contributed by atoms with Gasteiger partial charge in [-0.2, -0.15) is 13.2 Å². The second-order valence-corrected chi connectivity index (χ2v) is 9.44. The van der Waals surface area contributed by atoms with Gasteiger partial charge in [-0.25, -0.2) is 0 Å². The first kappa shape index (κ1) is 23.9. The number of unbranched alkanes of at least 4 members (excludes halogenated alkanes) is 2. The third-order valence-corrected chi connectivity index (χ3v) is 7.20. The molecule has 3 rings (SSSR count). The van der Waals surface area contributed by atoms with Crippen LogP contribution >= 0.6 is 0 Å². The molecule has 31 heavy (non-hydrogen) atoms. The Kier molecular flexibility index (Phi) is 8.63. The van der Waals surface area contributed by atoms with E-state index in [9.17, 15) is 13.2 Å². The highest BCUT2D eigenvalue weighted by molar-refractivity contribution is 5.75. The van der Waals surface area contributed by atoms with Crippen LogP contribution in [-0.2, 0) is 0 Å². The molecule has 0 N–H and O–H groups in total. The van der Waals surface area contributed by atoms with Gasteiger partial charge in [-0.15, -0.1) is 0 Å². The van der Waals surface area contributed by atoms with Crippen molar-refractivity contribution >= 4 is 5.57 Å². The molecule has 1 unspecified atom stereocenters. The van der Waals surface area contributed by atoms with E-state index in [-0.39, 0.29) is 11.8 Å². The molecule has 0 amide bonds. The van der Waals surface area contributed by atoms with E-state index in [1.807, 2.05) is 18.2 Å². The molecule has 0 aromatic heterocycles. The number of allylic oxidation sites excluding steroid dienone is 6. The topological polar surface area (TPSA) is 0 Å². The maximum atomic E-state index is 12.6. The summed E-state index contributed by atoms with van der Waals surface area (Å²) in [5.41, 5.74) is 2.28. The Labute approximate surface area is 186 Å². The standard InChI is InChI=1S/C28H37F3/c1-2-3-5-10-23-13-15-26(16-14-23)27(19-8-9-20-28(29,30)31)21-17-25(18-22-27)24-11-6-4-7-12-24/h4,6-8,11-12,17-19,21,23,26H,2-3,5,9-10,13-16,20,22H2,1H3/b19-8+. The van der Waals surface area contributed by atoms with E-state index in [4.69, 9.17) is 0 Å². The summed E-state index contributed by atoms with van der Waals surface area (Å²) < 4.78 is 37.9. The number of hydrogen-bond acceptors (Lipinski definition) is 0. The molecule has 1 saturated carbocycles. The summed E-state index contributed by atoms with van der Waals surface area (Å²) in [6, 6.07) is 10.3. The van der Waals surface area contributed by atoms with Crippen LogP contribution in [0.3, 0.4) is 0 Å². The molecular weight excluding hydrogens is 393 g/mol. The fourth-order valence-corrected chi connectivity index (χ4v) is 5.30. The minimum absolute atomic E-state index is 0.0701. The molecule has 0 saturated heterocycles. The Morgan fingerprint density at radius 3 is 2.39 bits per heavy atom. The monoisotopic (exact) mass is 430 g/mol. The molecule has 0 radical (unpaired) electrons. The van der Waals surface area contributed by atoms with Crippen LogP contribution in [0.1, 0.15) is 83.1 Å². The highest BCUT2D eigenvalue weighted by Crippen LogP contribution is 2.48. The van der Waals surface area contributed by atoms with Crippen molar-refractivity contribution in [2.45, 2.75) is 83.7 Å². The first-order valence-electron chi connectivity index (χ1n) is 12.1. The Morgan fingerprint density at radius 1 is 1.03 bits per heavy atom. The molecule has 3 heteroatoms. The molecule has 1 fully saturated rings. The van der Waals surface area contributed by atoms with E-state index in [0.29, 0.717) is 5.92 Å². The number of halogens is 3. The molecule has 0 bridgehead atoms. The highest BCUT2D eigenvalue weighted by Gasteiger charge is 2.37. The van der Waals surface area contributed by atoms with Gasteiger partial charge in [0, 0.05) is 11.8 Å². The Balaban J connectivity index is 1.69. The molecule has 1 aromatic rings. The lowest BCUT2D eigenvalue weighted by Gasteiger charge is -2.42. The molecule has 0 heterocycles. The fraction of sp³-hybridized carbons (Fsp3) is 0.571. The van der Waals surface area contributed by atoms with Gasteiger partial charge in [-0.1, -0.05) is 106 Å². The Bertz CT molecular complexity index is 748. The second-order valence-electron chi connectivity index (χ2n) is 9.44. The van der Waals surface area contributed by atoms with E-state index < -0.39 is 12.6 Å². The van der Waals surface area contributed by atoms with E-state index >= 15 is 0 Å².